The summed E-state index contributed by atoms with van der Waals surface area (Å²) in [7, 11) is 0. The summed E-state index contributed by atoms with van der Waals surface area (Å²) in [6.45, 7) is 1.13. The Morgan fingerprint density at radius 3 is 2.61 bits per heavy atom. The van der Waals surface area contributed by atoms with E-state index in [1.54, 1.807) is 25.1 Å². The summed E-state index contributed by atoms with van der Waals surface area (Å²) in [5.41, 5.74) is 5.82. The number of hydrogen-bond acceptors (Lipinski definition) is 2. The Morgan fingerprint density at radius 1 is 1.50 bits per heavy atom. The summed E-state index contributed by atoms with van der Waals surface area (Å²) in [4.78, 5) is -0.616. The molecule has 0 fully saturated rings. The van der Waals surface area contributed by atoms with Crippen LogP contribution in [0.5, 0.6) is 5.75 Å². The molecule has 1 unspecified atom stereocenters. The van der Waals surface area contributed by atoms with Crippen molar-refractivity contribution < 1.29 is 17.9 Å². The number of alkyl halides is 3. The second-order valence-electron chi connectivity index (χ2n) is 3.72. The van der Waals surface area contributed by atoms with Crippen molar-refractivity contribution in [3.05, 3.63) is 28.2 Å². The van der Waals surface area contributed by atoms with Crippen LogP contribution in [-0.4, -0.2) is 17.8 Å². The number of ether oxygens (including phenoxy) is 1. The van der Waals surface area contributed by atoms with Crippen molar-refractivity contribution in [2.75, 3.05) is 6.61 Å². The average molecular weight is 342 g/mol. The molecule has 2 N–H and O–H groups in total. The summed E-state index contributed by atoms with van der Waals surface area (Å²) in [5, 5.41) is 0. The fourth-order valence-corrected chi connectivity index (χ4v) is 1.78. The van der Waals surface area contributed by atoms with Gasteiger partial charge < -0.3 is 10.5 Å². The van der Waals surface area contributed by atoms with E-state index in [1.165, 1.54) is 0 Å². The predicted octanol–water partition coefficient (Wildman–Crippen LogP) is 3.60. The molecule has 18 heavy (non-hydrogen) atoms. The molecule has 0 aromatic heterocycles. The second kappa shape index (κ2) is 5.88. The first kappa shape index (κ1) is 15.2. The van der Waals surface area contributed by atoms with E-state index >= 15 is 0 Å². The van der Waals surface area contributed by atoms with E-state index in [0.29, 0.717) is 5.75 Å². The first-order chi connectivity index (χ1) is 8.21. The average Bonchev–Trinajstić information content (AvgIpc) is 2.20. The molecule has 0 amide bonds. The van der Waals surface area contributed by atoms with E-state index in [0.717, 1.165) is 10.0 Å². The number of hydrogen-bond donors (Lipinski definition) is 1. The van der Waals surface area contributed by atoms with E-state index in [4.69, 9.17) is 10.5 Å². The highest BCUT2D eigenvalue weighted by molar-refractivity contribution is 9.10. The first-order valence-corrected chi connectivity index (χ1v) is 6.17. The topological polar surface area (TPSA) is 35.2 Å². The van der Waals surface area contributed by atoms with Gasteiger partial charge in [-0.05, 0) is 24.6 Å². The van der Waals surface area contributed by atoms with Crippen molar-refractivity contribution in [3.8, 4) is 5.75 Å². The number of aryl methyl sites for hydroxylation is 1. The zero-order chi connectivity index (χ0) is 13.9. The monoisotopic (exact) mass is 341 g/mol. The third-order valence-electron chi connectivity index (χ3n) is 2.29. The number of rotatable bonds is 4. The molecular weight excluding hydrogens is 331 g/mol. The molecule has 1 rings (SSSR count). The van der Waals surface area contributed by atoms with Crippen molar-refractivity contribution in [3.63, 3.8) is 0 Å². The normalized spacial score (nSPS) is 13.2. The summed E-state index contributed by atoms with van der Waals surface area (Å²) in [6.07, 6.45) is -4.49. The van der Waals surface area contributed by atoms with Crippen LogP contribution in [-0.2, 0) is 0 Å². The minimum atomic E-state index is -4.49. The van der Waals surface area contributed by atoms with E-state index < -0.39 is 23.7 Å². The second-order valence-corrected chi connectivity index (χ2v) is 5.10. The lowest BCUT2D eigenvalue weighted by Gasteiger charge is -2.20. The molecule has 1 aromatic carbocycles. The molecule has 100 valence electrons. The molecule has 1 atom stereocenters. The molecule has 0 radical (unpaired) electrons. The minimum Gasteiger partial charge on any atom is -0.492 e. The molecule has 0 saturated heterocycles. The van der Waals surface area contributed by atoms with Crippen LogP contribution in [0.1, 0.15) is 5.56 Å². The van der Waals surface area contributed by atoms with E-state index in [2.05, 4.69) is 28.1 Å². The van der Waals surface area contributed by atoms with E-state index in [9.17, 15) is 13.2 Å². The van der Waals surface area contributed by atoms with Gasteiger partial charge in [0, 0.05) is 4.47 Å². The Kier molecular flexibility index (Phi) is 4.98. The minimum absolute atomic E-state index is 0.370. The maximum Gasteiger partial charge on any atom is 0.401 e. The van der Waals surface area contributed by atoms with Crippen molar-refractivity contribution >= 4 is 33.1 Å². The lowest BCUT2D eigenvalue weighted by molar-refractivity contribution is -0.161. The summed E-state index contributed by atoms with van der Waals surface area (Å²) < 4.78 is 43.7. The Balaban J connectivity index is 2.79. The molecular formula is C11H11BrF3NOS. The lowest BCUT2D eigenvalue weighted by atomic mass is 10.1. The fourth-order valence-electron chi connectivity index (χ4n) is 1.24. The van der Waals surface area contributed by atoms with Crippen LogP contribution in [0, 0.1) is 12.8 Å². The molecule has 0 spiro atoms. The Labute approximate surface area is 116 Å². The van der Waals surface area contributed by atoms with Crippen LogP contribution in [0.4, 0.5) is 13.2 Å². The Hall–Kier alpha value is -0.820. The number of thiocarbonyl (C=S) groups is 1. The quantitative estimate of drug-likeness (QED) is 0.850. The highest BCUT2D eigenvalue weighted by Gasteiger charge is 2.42. The maximum atomic E-state index is 12.6. The molecule has 0 saturated carbocycles. The van der Waals surface area contributed by atoms with Crippen LogP contribution in [0.3, 0.4) is 0 Å². The van der Waals surface area contributed by atoms with Crippen molar-refractivity contribution in [2.45, 2.75) is 13.1 Å². The summed E-state index contributed by atoms with van der Waals surface area (Å²) in [6, 6.07) is 5.11. The first-order valence-electron chi connectivity index (χ1n) is 4.97. The van der Waals surface area contributed by atoms with Gasteiger partial charge in [0.05, 0.1) is 4.99 Å². The molecule has 0 aliphatic heterocycles. The van der Waals surface area contributed by atoms with Crippen LogP contribution in [0.25, 0.3) is 0 Å². The van der Waals surface area contributed by atoms with Gasteiger partial charge in [0.25, 0.3) is 0 Å². The number of benzene rings is 1. The lowest BCUT2D eigenvalue weighted by Crippen LogP contribution is -2.38. The van der Waals surface area contributed by atoms with Gasteiger partial charge in [0.15, 0.2) is 0 Å². The summed E-state index contributed by atoms with van der Waals surface area (Å²) >= 11 is 7.63. The zero-order valence-corrected chi connectivity index (χ0v) is 11.8. The van der Waals surface area contributed by atoms with Gasteiger partial charge in [-0.3, -0.25) is 0 Å². The van der Waals surface area contributed by atoms with E-state index in [1.807, 2.05) is 0 Å². The van der Waals surface area contributed by atoms with Crippen molar-refractivity contribution in [1.29, 1.82) is 0 Å². The zero-order valence-electron chi connectivity index (χ0n) is 9.42. The maximum absolute atomic E-state index is 12.6. The highest BCUT2D eigenvalue weighted by atomic mass is 79.9. The molecule has 0 heterocycles. The van der Waals surface area contributed by atoms with Gasteiger partial charge in [-0.15, -0.1) is 0 Å². The third-order valence-corrected chi connectivity index (χ3v) is 3.07. The Morgan fingerprint density at radius 2 is 2.11 bits per heavy atom. The molecule has 1 aromatic rings. The van der Waals surface area contributed by atoms with Gasteiger partial charge >= 0.3 is 6.18 Å². The SMILES string of the molecule is Cc1ccc(Br)cc1OCC(C(N)=S)C(F)(F)F. The largest absolute Gasteiger partial charge is 0.492 e. The van der Waals surface area contributed by atoms with Crippen molar-refractivity contribution in [2.24, 2.45) is 11.7 Å². The smallest absolute Gasteiger partial charge is 0.401 e. The fraction of sp³-hybridized carbons (Fsp3) is 0.364. The number of halogens is 4. The Bertz CT molecular complexity index is 450. The predicted molar refractivity (Wildman–Crippen MR) is 70.7 cm³/mol. The van der Waals surface area contributed by atoms with Crippen LogP contribution >= 0.6 is 28.1 Å². The van der Waals surface area contributed by atoms with E-state index in [-0.39, 0.29) is 0 Å². The molecule has 0 aliphatic rings. The van der Waals surface area contributed by atoms with Gasteiger partial charge in [-0.25, -0.2) is 0 Å². The molecule has 2 nitrogen and oxygen atoms in total. The third kappa shape index (κ3) is 4.13. The molecule has 0 aliphatic carbocycles. The van der Waals surface area contributed by atoms with Gasteiger partial charge in [-0.1, -0.05) is 34.2 Å². The number of nitrogens with two attached hydrogens (primary N) is 1. The van der Waals surface area contributed by atoms with Gasteiger partial charge in [-0.2, -0.15) is 13.2 Å². The van der Waals surface area contributed by atoms with Crippen LogP contribution in [0.15, 0.2) is 22.7 Å². The van der Waals surface area contributed by atoms with Gasteiger partial charge in [0.1, 0.15) is 18.3 Å². The van der Waals surface area contributed by atoms with Crippen LogP contribution < -0.4 is 10.5 Å². The van der Waals surface area contributed by atoms with Gasteiger partial charge in [0.2, 0.25) is 0 Å². The standard InChI is InChI=1S/C11H11BrF3NOS/c1-6-2-3-7(12)4-9(6)17-5-8(10(16)18)11(13,14)15/h2-4,8H,5H2,1H3,(H2,16,18). The van der Waals surface area contributed by atoms with Crippen molar-refractivity contribution in [1.82, 2.24) is 0 Å². The summed E-state index contributed by atoms with van der Waals surface area (Å²) in [5.74, 6) is -1.57. The highest BCUT2D eigenvalue weighted by Crippen LogP contribution is 2.29. The molecule has 0 bridgehead atoms. The molecule has 7 heteroatoms. The van der Waals surface area contributed by atoms with Crippen LogP contribution in [0.2, 0.25) is 0 Å².